The van der Waals surface area contributed by atoms with Crippen LogP contribution in [-0.4, -0.2) is 23.8 Å². The van der Waals surface area contributed by atoms with E-state index in [1.165, 1.54) is 12.3 Å². The molecule has 0 saturated heterocycles. The summed E-state index contributed by atoms with van der Waals surface area (Å²) in [5.41, 5.74) is 1.18. The molecule has 2 aromatic rings. The van der Waals surface area contributed by atoms with E-state index in [9.17, 15) is 14.4 Å². The first-order chi connectivity index (χ1) is 12.9. The van der Waals surface area contributed by atoms with E-state index in [4.69, 9.17) is 4.42 Å². The molecule has 3 N–H and O–H groups in total. The second kappa shape index (κ2) is 8.07. The number of anilines is 2. The third kappa shape index (κ3) is 4.97. The summed E-state index contributed by atoms with van der Waals surface area (Å²) in [6, 6.07) is 9.38. The second-order valence-corrected chi connectivity index (χ2v) is 7.01. The number of benzene rings is 1. The average Bonchev–Trinajstić information content (AvgIpc) is 3.34. The predicted octanol–water partition coefficient (Wildman–Crippen LogP) is 3.02. The first kappa shape index (κ1) is 18.7. The lowest BCUT2D eigenvalue weighted by atomic mass is 10.0. The number of amides is 3. The zero-order valence-corrected chi connectivity index (χ0v) is 15.3. The lowest BCUT2D eigenvalue weighted by Gasteiger charge is -2.21. The molecule has 1 aliphatic rings. The highest BCUT2D eigenvalue weighted by Gasteiger charge is 2.29. The van der Waals surface area contributed by atoms with Crippen LogP contribution in [0.2, 0.25) is 0 Å². The van der Waals surface area contributed by atoms with E-state index in [0.717, 1.165) is 12.8 Å². The van der Waals surface area contributed by atoms with E-state index in [1.807, 2.05) is 13.8 Å². The van der Waals surface area contributed by atoms with Crippen molar-refractivity contribution in [3.63, 3.8) is 0 Å². The van der Waals surface area contributed by atoms with Gasteiger partial charge in [-0.1, -0.05) is 19.9 Å². The largest absolute Gasteiger partial charge is 0.459 e. The van der Waals surface area contributed by atoms with Crippen LogP contribution in [0.15, 0.2) is 47.1 Å². The summed E-state index contributed by atoms with van der Waals surface area (Å²) in [7, 11) is 0. The number of furan rings is 1. The standard InChI is InChI=1S/C20H23N3O4/c1-12(2)17(23-19(25)16-7-4-10-27-16)20(26)22-15-6-3-5-14(11-15)21-18(24)13-8-9-13/h3-7,10-13,17H,8-9H2,1-2H3,(H,21,24)(H,22,26)(H,23,25). The number of carbonyl (C=O) groups excluding carboxylic acids is 3. The van der Waals surface area contributed by atoms with Gasteiger partial charge >= 0.3 is 0 Å². The van der Waals surface area contributed by atoms with Crippen molar-refractivity contribution in [1.29, 1.82) is 0 Å². The van der Waals surface area contributed by atoms with Crippen LogP contribution < -0.4 is 16.0 Å². The summed E-state index contributed by atoms with van der Waals surface area (Å²) in [5, 5.41) is 8.34. The van der Waals surface area contributed by atoms with Crippen molar-refractivity contribution in [2.75, 3.05) is 10.6 Å². The Kier molecular flexibility index (Phi) is 5.59. The van der Waals surface area contributed by atoms with Gasteiger partial charge in [-0.2, -0.15) is 0 Å². The van der Waals surface area contributed by atoms with E-state index in [-0.39, 0.29) is 29.4 Å². The van der Waals surface area contributed by atoms with Gasteiger partial charge in [0.15, 0.2) is 5.76 Å². The molecule has 3 amide bonds. The van der Waals surface area contributed by atoms with Crippen LogP contribution >= 0.6 is 0 Å². The molecule has 1 unspecified atom stereocenters. The van der Waals surface area contributed by atoms with Gasteiger partial charge in [0.1, 0.15) is 6.04 Å². The molecule has 1 aromatic carbocycles. The topological polar surface area (TPSA) is 100 Å². The Hall–Kier alpha value is -3.09. The molecule has 7 nitrogen and oxygen atoms in total. The molecule has 142 valence electrons. The zero-order chi connectivity index (χ0) is 19.4. The first-order valence-electron chi connectivity index (χ1n) is 9.00. The SMILES string of the molecule is CC(C)C(NC(=O)c1ccco1)C(=O)Nc1cccc(NC(=O)C2CC2)c1. The molecule has 0 bridgehead atoms. The molecule has 0 radical (unpaired) electrons. The van der Waals surface area contributed by atoms with Crippen LogP contribution in [0.1, 0.15) is 37.2 Å². The van der Waals surface area contributed by atoms with Crippen LogP contribution in [0.4, 0.5) is 11.4 Å². The van der Waals surface area contributed by atoms with Crippen LogP contribution in [0.25, 0.3) is 0 Å². The molecule has 27 heavy (non-hydrogen) atoms. The smallest absolute Gasteiger partial charge is 0.287 e. The maximum absolute atomic E-state index is 12.7. The minimum absolute atomic E-state index is 0.00393. The van der Waals surface area contributed by atoms with Crippen LogP contribution in [0, 0.1) is 11.8 Å². The average molecular weight is 369 g/mol. The van der Waals surface area contributed by atoms with Crippen molar-refractivity contribution in [3.05, 3.63) is 48.4 Å². The third-order valence-electron chi connectivity index (χ3n) is 4.33. The van der Waals surface area contributed by atoms with Gasteiger partial charge in [0.25, 0.3) is 5.91 Å². The van der Waals surface area contributed by atoms with Gasteiger partial charge in [-0.05, 0) is 49.1 Å². The molecule has 1 saturated carbocycles. The highest BCUT2D eigenvalue weighted by Crippen LogP contribution is 2.30. The van der Waals surface area contributed by atoms with E-state index in [2.05, 4.69) is 16.0 Å². The summed E-state index contributed by atoms with van der Waals surface area (Å²) >= 11 is 0. The summed E-state index contributed by atoms with van der Waals surface area (Å²) in [6.45, 7) is 3.69. The highest BCUT2D eigenvalue weighted by atomic mass is 16.3. The molecule has 7 heteroatoms. The summed E-state index contributed by atoms with van der Waals surface area (Å²) in [4.78, 5) is 36.7. The molecule has 0 spiro atoms. The van der Waals surface area contributed by atoms with Crippen molar-refractivity contribution in [2.24, 2.45) is 11.8 Å². The van der Waals surface area contributed by atoms with Crippen molar-refractivity contribution >= 4 is 29.1 Å². The molecular formula is C20H23N3O4. The van der Waals surface area contributed by atoms with E-state index in [1.54, 1.807) is 30.3 Å². The van der Waals surface area contributed by atoms with Crippen molar-refractivity contribution in [3.8, 4) is 0 Å². The summed E-state index contributed by atoms with van der Waals surface area (Å²) < 4.78 is 5.07. The molecule has 1 fully saturated rings. The fourth-order valence-electron chi connectivity index (χ4n) is 2.64. The number of carbonyl (C=O) groups is 3. The Morgan fingerprint density at radius 3 is 2.33 bits per heavy atom. The number of rotatable bonds is 7. The monoisotopic (exact) mass is 369 g/mol. The fourth-order valence-corrected chi connectivity index (χ4v) is 2.64. The Balaban J connectivity index is 1.64. The van der Waals surface area contributed by atoms with Gasteiger partial charge in [-0.3, -0.25) is 14.4 Å². The normalized spacial score (nSPS) is 14.5. The van der Waals surface area contributed by atoms with E-state index in [0.29, 0.717) is 11.4 Å². The minimum Gasteiger partial charge on any atom is -0.459 e. The Bertz CT molecular complexity index is 826. The van der Waals surface area contributed by atoms with Gasteiger partial charge in [0.05, 0.1) is 6.26 Å². The summed E-state index contributed by atoms with van der Waals surface area (Å²) in [6.07, 6.45) is 3.25. The van der Waals surface area contributed by atoms with Gasteiger partial charge in [0, 0.05) is 17.3 Å². The second-order valence-electron chi connectivity index (χ2n) is 7.01. The quantitative estimate of drug-likeness (QED) is 0.698. The molecule has 0 aliphatic heterocycles. The van der Waals surface area contributed by atoms with Crippen LogP contribution in [-0.2, 0) is 9.59 Å². The van der Waals surface area contributed by atoms with Crippen molar-refractivity contribution in [2.45, 2.75) is 32.7 Å². The molecule has 1 aliphatic carbocycles. The Morgan fingerprint density at radius 2 is 1.74 bits per heavy atom. The number of hydrogen-bond donors (Lipinski definition) is 3. The van der Waals surface area contributed by atoms with Crippen molar-refractivity contribution < 1.29 is 18.8 Å². The van der Waals surface area contributed by atoms with Crippen molar-refractivity contribution in [1.82, 2.24) is 5.32 Å². The Labute approximate surface area is 157 Å². The fraction of sp³-hybridized carbons (Fsp3) is 0.350. The van der Waals surface area contributed by atoms with Gasteiger partial charge < -0.3 is 20.4 Å². The maximum Gasteiger partial charge on any atom is 0.287 e. The van der Waals surface area contributed by atoms with Crippen LogP contribution in [0.3, 0.4) is 0 Å². The Morgan fingerprint density at radius 1 is 1.04 bits per heavy atom. The zero-order valence-electron chi connectivity index (χ0n) is 15.3. The number of hydrogen-bond acceptors (Lipinski definition) is 4. The lowest BCUT2D eigenvalue weighted by Crippen LogP contribution is -2.47. The molecule has 1 atom stereocenters. The van der Waals surface area contributed by atoms with Gasteiger partial charge in [-0.25, -0.2) is 0 Å². The summed E-state index contributed by atoms with van der Waals surface area (Å²) in [5.74, 6) is -0.649. The minimum atomic E-state index is -0.729. The third-order valence-corrected chi connectivity index (χ3v) is 4.33. The maximum atomic E-state index is 12.7. The lowest BCUT2D eigenvalue weighted by molar-refractivity contribution is -0.119. The molecule has 1 aromatic heterocycles. The molecule has 1 heterocycles. The number of nitrogens with one attached hydrogen (secondary N) is 3. The van der Waals surface area contributed by atoms with E-state index >= 15 is 0 Å². The van der Waals surface area contributed by atoms with Crippen LogP contribution in [0.5, 0.6) is 0 Å². The highest BCUT2D eigenvalue weighted by molar-refractivity contribution is 6.01. The first-order valence-corrected chi connectivity index (χ1v) is 9.00. The molecular weight excluding hydrogens is 346 g/mol. The predicted molar refractivity (Wildman–Crippen MR) is 101 cm³/mol. The van der Waals surface area contributed by atoms with Gasteiger partial charge in [-0.15, -0.1) is 0 Å². The molecule has 3 rings (SSSR count). The van der Waals surface area contributed by atoms with Gasteiger partial charge in [0.2, 0.25) is 11.8 Å². The van der Waals surface area contributed by atoms with E-state index < -0.39 is 11.9 Å².